The Hall–Kier alpha value is -1.28. The van der Waals surface area contributed by atoms with Crippen LogP contribution >= 0.6 is 15.9 Å². The first-order valence-electron chi connectivity index (χ1n) is 8.90. The fraction of sp³-hybridized carbons (Fsp3) is 0.429. The molecule has 0 atom stereocenters. The van der Waals surface area contributed by atoms with Gasteiger partial charge in [-0.15, -0.1) is 0 Å². The van der Waals surface area contributed by atoms with Crippen molar-refractivity contribution in [3.63, 3.8) is 0 Å². The Morgan fingerprint density at radius 3 is 2.61 bits per heavy atom. The molecule has 0 aromatic heterocycles. The number of hydrogen-bond acceptors (Lipinski definition) is 1. The molecular formula is C21H26BrN. The van der Waals surface area contributed by atoms with E-state index in [9.17, 15) is 0 Å². The van der Waals surface area contributed by atoms with Crippen molar-refractivity contribution in [3.8, 4) is 0 Å². The van der Waals surface area contributed by atoms with Gasteiger partial charge in [0.1, 0.15) is 0 Å². The van der Waals surface area contributed by atoms with E-state index in [4.69, 9.17) is 0 Å². The zero-order valence-electron chi connectivity index (χ0n) is 13.8. The summed E-state index contributed by atoms with van der Waals surface area (Å²) in [6, 6.07) is 8.80. The van der Waals surface area contributed by atoms with Crippen LogP contribution in [0.5, 0.6) is 0 Å². The van der Waals surface area contributed by atoms with E-state index in [0.29, 0.717) is 0 Å². The molecule has 2 heteroatoms. The van der Waals surface area contributed by atoms with Gasteiger partial charge in [0.05, 0.1) is 0 Å². The fourth-order valence-corrected chi connectivity index (χ4v) is 3.84. The van der Waals surface area contributed by atoms with Crippen LogP contribution in [0.1, 0.15) is 50.5 Å². The molecule has 1 aliphatic carbocycles. The minimum atomic E-state index is 1.06. The molecule has 1 aromatic rings. The van der Waals surface area contributed by atoms with Crippen molar-refractivity contribution in [1.82, 2.24) is 0 Å². The minimum absolute atomic E-state index is 1.06. The second-order valence-electron chi connectivity index (χ2n) is 6.37. The third kappa shape index (κ3) is 4.17. The quantitative estimate of drug-likeness (QED) is 0.373. The van der Waals surface area contributed by atoms with Crippen LogP contribution in [-0.4, -0.2) is 11.9 Å². The fourth-order valence-electron chi connectivity index (χ4n) is 3.45. The van der Waals surface area contributed by atoms with Gasteiger partial charge in [-0.3, -0.25) is 0 Å². The number of hydrogen-bond donors (Lipinski definition) is 0. The zero-order valence-corrected chi connectivity index (χ0v) is 15.4. The Balaban J connectivity index is 1.62. The van der Waals surface area contributed by atoms with Crippen LogP contribution in [0, 0.1) is 0 Å². The highest BCUT2D eigenvalue weighted by Crippen LogP contribution is 2.37. The first-order valence-corrected chi connectivity index (χ1v) is 10.0. The van der Waals surface area contributed by atoms with Crippen molar-refractivity contribution in [2.24, 2.45) is 0 Å². The van der Waals surface area contributed by atoms with Crippen molar-refractivity contribution in [2.75, 3.05) is 16.8 Å². The molecule has 1 aromatic carbocycles. The molecule has 0 spiro atoms. The molecule has 0 saturated carbocycles. The van der Waals surface area contributed by atoms with Crippen LogP contribution < -0.4 is 4.90 Å². The van der Waals surface area contributed by atoms with Crippen LogP contribution in [0.2, 0.25) is 0 Å². The SMILES string of the molecule is BrCCCCCCCCN1C2=CC=CCC2=Cc2ccccc21. The number of alkyl halides is 1. The van der Waals surface area contributed by atoms with Crippen LogP contribution in [0.4, 0.5) is 5.69 Å². The monoisotopic (exact) mass is 371 g/mol. The largest absolute Gasteiger partial charge is 0.341 e. The number of unbranched alkanes of at least 4 members (excludes halogenated alkanes) is 5. The second-order valence-corrected chi connectivity index (χ2v) is 7.17. The van der Waals surface area contributed by atoms with Gasteiger partial charge >= 0.3 is 0 Å². The van der Waals surface area contributed by atoms with E-state index in [-0.39, 0.29) is 0 Å². The summed E-state index contributed by atoms with van der Waals surface area (Å²) in [5.41, 5.74) is 5.61. The van der Waals surface area contributed by atoms with Crippen LogP contribution in [0.15, 0.2) is 53.8 Å². The van der Waals surface area contributed by atoms with E-state index < -0.39 is 0 Å². The Bertz CT molecular complexity index is 612. The molecule has 2 aliphatic rings. The molecule has 0 bridgehead atoms. The molecular weight excluding hydrogens is 346 g/mol. The van der Waals surface area contributed by atoms with Crippen molar-refractivity contribution >= 4 is 27.7 Å². The Kier molecular flexibility index (Phi) is 6.15. The summed E-state index contributed by atoms with van der Waals surface area (Å²) >= 11 is 3.51. The number of para-hydroxylation sites is 1. The smallest absolute Gasteiger partial charge is 0.0484 e. The molecule has 0 saturated heterocycles. The van der Waals surface area contributed by atoms with Crippen molar-refractivity contribution in [2.45, 2.75) is 44.9 Å². The van der Waals surface area contributed by atoms with Gasteiger partial charge in [0, 0.05) is 23.3 Å². The third-order valence-electron chi connectivity index (χ3n) is 4.67. The van der Waals surface area contributed by atoms with Gasteiger partial charge < -0.3 is 4.90 Å². The van der Waals surface area contributed by atoms with Crippen molar-refractivity contribution in [1.29, 1.82) is 0 Å². The molecule has 1 heterocycles. The van der Waals surface area contributed by atoms with Crippen LogP contribution in [0.25, 0.3) is 6.08 Å². The first-order chi connectivity index (χ1) is 11.4. The minimum Gasteiger partial charge on any atom is -0.341 e. The van der Waals surface area contributed by atoms with Gasteiger partial charge in [-0.25, -0.2) is 0 Å². The lowest BCUT2D eigenvalue weighted by Gasteiger charge is -2.35. The summed E-state index contributed by atoms with van der Waals surface area (Å²) in [4.78, 5) is 2.53. The van der Waals surface area contributed by atoms with E-state index in [1.54, 1.807) is 0 Å². The predicted octanol–water partition coefficient (Wildman–Crippen LogP) is 6.47. The van der Waals surface area contributed by atoms with E-state index in [0.717, 1.165) is 18.3 Å². The molecule has 0 fully saturated rings. The maximum atomic E-state index is 3.51. The molecule has 0 unspecified atom stereocenters. The average molecular weight is 372 g/mol. The molecule has 0 radical (unpaired) electrons. The van der Waals surface area contributed by atoms with Gasteiger partial charge in [-0.2, -0.15) is 0 Å². The number of halogens is 1. The highest BCUT2D eigenvalue weighted by atomic mass is 79.9. The number of nitrogens with zero attached hydrogens (tertiary/aromatic N) is 1. The van der Waals surface area contributed by atoms with Crippen molar-refractivity contribution in [3.05, 3.63) is 59.3 Å². The molecule has 1 aliphatic heterocycles. The Labute approximate surface area is 148 Å². The summed E-state index contributed by atoms with van der Waals surface area (Å²) in [6.45, 7) is 1.13. The maximum Gasteiger partial charge on any atom is 0.0484 e. The lowest BCUT2D eigenvalue weighted by Crippen LogP contribution is -2.28. The van der Waals surface area contributed by atoms with Gasteiger partial charge in [0.2, 0.25) is 0 Å². The summed E-state index contributed by atoms with van der Waals surface area (Å²) in [5.74, 6) is 0. The number of fused-ring (bicyclic) bond motifs is 2. The summed E-state index contributed by atoms with van der Waals surface area (Å²) in [7, 11) is 0. The van der Waals surface area contributed by atoms with E-state index >= 15 is 0 Å². The van der Waals surface area contributed by atoms with Gasteiger partial charge in [-0.1, -0.05) is 72.0 Å². The molecule has 0 N–H and O–H groups in total. The van der Waals surface area contributed by atoms with Crippen LogP contribution in [0.3, 0.4) is 0 Å². The molecule has 3 rings (SSSR count). The lowest BCUT2D eigenvalue weighted by molar-refractivity contribution is 0.608. The number of anilines is 1. The predicted molar refractivity (Wildman–Crippen MR) is 105 cm³/mol. The molecule has 1 nitrogen and oxygen atoms in total. The second kappa shape index (κ2) is 8.54. The highest BCUT2D eigenvalue weighted by Gasteiger charge is 2.22. The van der Waals surface area contributed by atoms with Gasteiger partial charge in [0.15, 0.2) is 0 Å². The molecule has 0 amide bonds. The van der Waals surface area contributed by atoms with Crippen LogP contribution in [-0.2, 0) is 0 Å². The summed E-state index contributed by atoms with van der Waals surface area (Å²) in [6.07, 6.45) is 18.2. The standard InChI is InChI=1S/C21H26BrN/c22-15-9-3-1-2-4-10-16-23-20-13-7-5-11-18(20)17-19-12-6-8-14-21(19)23/h5-8,11,13-14,17H,1-4,9-10,12,15-16H2. The Morgan fingerprint density at radius 1 is 0.957 bits per heavy atom. The normalized spacial score (nSPS) is 15.8. The summed E-state index contributed by atoms with van der Waals surface area (Å²) < 4.78 is 0. The van der Waals surface area contributed by atoms with E-state index in [2.05, 4.69) is 69.4 Å². The topological polar surface area (TPSA) is 3.24 Å². The number of allylic oxidation sites excluding steroid dienone is 4. The first kappa shape index (κ1) is 16.6. The van der Waals surface area contributed by atoms with Crippen molar-refractivity contribution < 1.29 is 0 Å². The Morgan fingerprint density at radius 2 is 1.74 bits per heavy atom. The maximum absolute atomic E-state index is 3.51. The zero-order chi connectivity index (χ0) is 15.9. The molecule has 122 valence electrons. The van der Waals surface area contributed by atoms with Gasteiger partial charge in [0.25, 0.3) is 0 Å². The number of benzene rings is 1. The van der Waals surface area contributed by atoms with E-state index in [1.807, 2.05) is 0 Å². The third-order valence-corrected chi connectivity index (χ3v) is 5.23. The summed E-state index contributed by atoms with van der Waals surface area (Å²) in [5, 5.41) is 1.15. The van der Waals surface area contributed by atoms with E-state index in [1.165, 1.54) is 61.0 Å². The number of rotatable bonds is 8. The van der Waals surface area contributed by atoms with Gasteiger partial charge in [-0.05, 0) is 48.6 Å². The average Bonchev–Trinajstić information content (AvgIpc) is 2.60. The molecule has 23 heavy (non-hydrogen) atoms. The highest BCUT2D eigenvalue weighted by molar-refractivity contribution is 9.09. The lowest BCUT2D eigenvalue weighted by atomic mass is 9.94.